The molecule has 0 amide bonds. The highest BCUT2D eigenvalue weighted by Gasteiger charge is 2.32. The van der Waals surface area contributed by atoms with E-state index in [-0.39, 0.29) is 19.0 Å². The maximum atomic E-state index is 10.9. The zero-order valence-electron chi connectivity index (χ0n) is 10.5. The predicted molar refractivity (Wildman–Crippen MR) is 64.7 cm³/mol. The third kappa shape index (κ3) is 3.30. The van der Waals surface area contributed by atoms with Gasteiger partial charge in [0.25, 0.3) is 0 Å². The molecule has 1 saturated heterocycles. The first kappa shape index (κ1) is 14.0. The summed E-state index contributed by atoms with van der Waals surface area (Å²) in [5.74, 6) is 0.462. The van der Waals surface area contributed by atoms with E-state index < -0.39 is 18.5 Å². The van der Waals surface area contributed by atoms with E-state index in [1.165, 1.54) is 0 Å². The second-order valence-electron chi connectivity index (χ2n) is 4.24. The standard InChI is InChI=1S/C13H16O6/c1-17-10-4-2-8(3-5-10)11(15)12(16)13-18-6-9(14)7-19-13/h2-5,11-13,15-16H,6-7H2,1H3/t11-,12+/m1/s1. The summed E-state index contributed by atoms with van der Waals surface area (Å²) in [6.07, 6.45) is -3.43. The summed E-state index contributed by atoms with van der Waals surface area (Å²) >= 11 is 0. The van der Waals surface area contributed by atoms with Crippen molar-refractivity contribution < 1.29 is 29.2 Å². The Bertz CT molecular complexity index is 419. The van der Waals surface area contributed by atoms with Crippen molar-refractivity contribution >= 4 is 5.78 Å². The molecular weight excluding hydrogens is 252 g/mol. The van der Waals surface area contributed by atoms with Crippen LogP contribution in [0, 0.1) is 0 Å². The van der Waals surface area contributed by atoms with Crippen molar-refractivity contribution in [3.05, 3.63) is 29.8 Å². The first-order chi connectivity index (χ1) is 9.11. The molecule has 0 aromatic heterocycles. The molecule has 19 heavy (non-hydrogen) atoms. The lowest BCUT2D eigenvalue weighted by Crippen LogP contribution is -2.42. The van der Waals surface area contributed by atoms with Crippen molar-refractivity contribution in [1.82, 2.24) is 0 Å². The number of aliphatic hydroxyl groups excluding tert-OH is 2. The number of carbonyl (C=O) groups excluding carboxylic acids is 1. The topological polar surface area (TPSA) is 85.2 Å². The number of carbonyl (C=O) groups is 1. The van der Waals surface area contributed by atoms with Gasteiger partial charge in [0, 0.05) is 0 Å². The van der Waals surface area contributed by atoms with Gasteiger partial charge in [-0.2, -0.15) is 0 Å². The van der Waals surface area contributed by atoms with Crippen LogP contribution >= 0.6 is 0 Å². The molecule has 0 bridgehead atoms. The molecule has 0 radical (unpaired) electrons. The summed E-state index contributed by atoms with van der Waals surface area (Å²) in [5, 5.41) is 20.0. The molecule has 2 N–H and O–H groups in total. The van der Waals surface area contributed by atoms with Gasteiger partial charge in [0.05, 0.1) is 7.11 Å². The minimum atomic E-state index is -1.26. The van der Waals surface area contributed by atoms with E-state index in [1.807, 2.05) is 0 Å². The Morgan fingerprint density at radius 1 is 1.21 bits per heavy atom. The van der Waals surface area contributed by atoms with Crippen LogP contribution in [0.5, 0.6) is 5.75 Å². The average molecular weight is 268 g/mol. The number of aliphatic hydroxyl groups is 2. The van der Waals surface area contributed by atoms with Gasteiger partial charge in [0.15, 0.2) is 12.1 Å². The lowest BCUT2D eigenvalue weighted by Gasteiger charge is -2.29. The van der Waals surface area contributed by atoms with Gasteiger partial charge in [-0.05, 0) is 17.7 Å². The summed E-state index contributed by atoms with van der Waals surface area (Å²) < 4.78 is 15.1. The first-order valence-corrected chi connectivity index (χ1v) is 5.87. The van der Waals surface area contributed by atoms with Crippen LogP contribution in [-0.2, 0) is 14.3 Å². The highest BCUT2D eigenvalue weighted by atomic mass is 16.7. The Balaban J connectivity index is 2.01. The lowest BCUT2D eigenvalue weighted by atomic mass is 10.0. The minimum Gasteiger partial charge on any atom is -0.497 e. The molecule has 1 aromatic carbocycles. The molecule has 0 unspecified atom stereocenters. The van der Waals surface area contributed by atoms with Crippen molar-refractivity contribution in [2.75, 3.05) is 20.3 Å². The van der Waals surface area contributed by atoms with Gasteiger partial charge in [-0.1, -0.05) is 12.1 Å². The van der Waals surface area contributed by atoms with E-state index in [1.54, 1.807) is 31.4 Å². The smallest absolute Gasteiger partial charge is 0.187 e. The van der Waals surface area contributed by atoms with E-state index in [4.69, 9.17) is 14.2 Å². The highest BCUT2D eigenvalue weighted by molar-refractivity contribution is 5.81. The molecule has 1 fully saturated rings. The van der Waals surface area contributed by atoms with Crippen LogP contribution in [0.15, 0.2) is 24.3 Å². The Kier molecular flexibility index (Phi) is 4.49. The number of Topliss-reactive ketones (excluding diaryl/α,β-unsaturated/α-hetero) is 1. The quantitative estimate of drug-likeness (QED) is 0.801. The van der Waals surface area contributed by atoms with Crippen LogP contribution in [0.3, 0.4) is 0 Å². The largest absolute Gasteiger partial charge is 0.497 e. The monoisotopic (exact) mass is 268 g/mol. The summed E-state index contributed by atoms with van der Waals surface area (Å²) in [5.41, 5.74) is 0.511. The molecule has 1 aliphatic heterocycles. The Labute approximate surface area is 110 Å². The van der Waals surface area contributed by atoms with Gasteiger partial charge in [-0.15, -0.1) is 0 Å². The third-order valence-corrected chi connectivity index (χ3v) is 2.88. The van der Waals surface area contributed by atoms with Gasteiger partial charge in [-0.3, -0.25) is 4.79 Å². The van der Waals surface area contributed by atoms with Crippen molar-refractivity contribution in [3.8, 4) is 5.75 Å². The second kappa shape index (κ2) is 6.12. The van der Waals surface area contributed by atoms with Crippen LogP contribution in [0.1, 0.15) is 11.7 Å². The van der Waals surface area contributed by atoms with Gasteiger partial charge in [-0.25, -0.2) is 0 Å². The number of ketones is 1. The van der Waals surface area contributed by atoms with Gasteiger partial charge < -0.3 is 24.4 Å². The fraction of sp³-hybridized carbons (Fsp3) is 0.462. The fourth-order valence-corrected chi connectivity index (χ4v) is 1.78. The maximum Gasteiger partial charge on any atom is 0.187 e. The van der Waals surface area contributed by atoms with Crippen LogP contribution in [0.25, 0.3) is 0 Å². The zero-order valence-corrected chi connectivity index (χ0v) is 10.5. The van der Waals surface area contributed by atoms with E-state index in [0.717, 1.165) is 0 Å². The summed E-state index contributed by atoms with van der Waals surface area (Å²) in [6.45, 7) is -0.228. The van der Waals surface area contributed by atoms with Crippen molar-refractivity contribution in [3.63, 3.8) is 0 Å². The third-order valence-electron chi connectivity index (χ3n) is 2.88. The highest BCUT2D eigenvalue weighted by Crippen LogP contribution is 2.24. The van der Waals surface area contributed by atoms with Crippen molar-refractivity contribution in [1.29, 1.82) is 0 Å². The van der Waals surface area contributed by atoms with Crippen LogP contribution in [-0.4, -0.2) is 48.7 Å². The molecular formula is C13H16O6. The van der Waals surface area contributed by atoms with E-state index in [2.05, 4.69) is 0 Å². The van der Waals surface area contributed by atoms with Gasteiger partial charge >= 0.3 is 0 Å². The number of hydrogen-bond donors (Lipinski definition) is 2. The molecule has 2 atom stereocenters. The van der Waals surface area contributed by atoms with Crippen LogP contribution in [0.4, 0.5) is 0 Å². The fourth-order valence-electron chi connectivity index (χ4n) is 1.78. The van der Waals surface area contributed by atoms with E-state index in [0.29, 0.717) is 11.3 Å². The zero-order chi connectivity index (χ0) is 13.8. The molecule has 0 spiro atoms. The van der Waals surface area contributed by atoms with Gasteiger partial charge in [0.2, 0.25) is 0 Å². The van der Waals surface area contributed by atoms with Crippen molar-refractivity contribution in [2.45, 2.75) is 18.5 Å². The lowest BCUT2D eigenvalue weighted by molar-refractivity contribution is -0.233. The Hall–Kier alpha value is -1.47. The van der Waals surface area contributed by atoms with E-state index in [9.17, 15) is 15.0 Å². The SMILES string of the molecule is COc1ccc([C@@H](O)[C@H](O)C2OCC(=O)CO2)cc1. The molecule has 6 nitrogen and oxygen atoms in total. The number of ether oxygens (including phenoxy) is 3. The summed E-state index contributed by atoms with van der Waals surface area (Å²) in [6, 6.07) is 6.64. The predicted octanol–water partition coefficient (Wildman–Crippen LogP) is 0.0315. The molecule has 1 heterocycles. The minimum absolute atomic E-state index is 0.114. The molecule has 0 saturated carbocycles. The number of benzene rings is 1. The van der Waals surface area contributed by atoms with Crippen LogP contribution < -0.4 is 4.74 Å². The number of rotatable bonds is 4. The average Bonchev–Trinajstić information content (AvgIpc) is 2.46. The molecule has 2 rings (SSSR count). The van der Waals surface area contributed by atoms with Crippen LogP contribution in [0.2, 0.25) is 0 Å². The Morgan fingerprint density at radius 2 is 1.79 bits per heavy atom. The summed E-state index contributed by atoms with van der Waals surface area (Å²) in [7, 11) is 1.54. The molecule has 6 heteroatoms. The molecule has 1 aliphatic rings. The Morgan fingerprint density at radius 3 is 2.32 bits per heavy atom. The molecule has 0 aliphatic carbocycles. The normalized spacial score (nSPS) is 20.1. The maximum absolute atomic E-state index is 10.9. The summed E-state index contributed by atoms with van der Waals surface area (Å²) in [4.78, 5) is 10.9. The second-order valence-corrected chi connectivity index (χ2v) is 4.24. The first-order valence-electron chi connectivity index (χ1n) is 5.87. The van der Waals surface area contributed by atoms with Gasteiger partial charge in [0.1, 0.15) is 31.2 Å². The number of methoxy groups -OCH3 is 1. The number of hydrogen-bond acceptors (Lipinski definition) is 6. The molecule has 104 valence electrons. The van der Waals surface area contributed by atoms with Crippen molar-refractivity contribution in [2.24, 2.45) is 0 Å². The molecule has 1 aromatic rings. The van der Waals surface area contributed by atoms with E-state index >= 15 is 0 Å².